The molecule has 1 nitrogen and oxygen atoms in total. The van der Waals surface area contributed by atoms with Gasteiger partial charge in [0.15, 0.2) is 0 Å². The van der Waals surface area contributed by atoms with E-state index in [1.807, 2.05) is 11.3 Å². The van der Waals surface area contributed by atoms with Gasteiger partial charge in [-0.2, -0.15) is 0 Å². The lowest BCUT2D eigenvalue weighted by Crippen LogP contribution is -2.20. The summed E-state index contributed by atoms with van der Waals surface area (Å²) in [5.74, 6) is 0. The Morgan fingerprint density at radius 1 is 1.33 bits per heavy atom. The van der Waals surface area contributed by atoms with E-state index in [1.165, 1.54) is 21.2 Å². The average molecular weight is 259 g/mol. The predicted octanol–water partition coefficient (Wildman–Crippen LogP) is 4.91. The van der Waals surface area contributed by atoms with Gasteiger partial charge in [0.1, 0.15) is 0 Å². The fourth-order valence-electron chi connectivity index (χ4n) is 2.13. The molecule has 0 saturated heterocycles. The van der Waals surface area contributed by atoms with E-state index in [1.54, 1.807) is 0 Å². The molecule has 18 heavy (non-hydrogen) atoms. The van der Waals surface area contributed by atoms with Crippen molar-refractivity contribution in [3.63, 3.8) is 0 Å². The molecule has 0 amide bonds. The van der Waals surface area contributed by atoms with Crippen molar-refractivity contribution in [2.45, 2.75) is 33.2 Å². The fraction of sp³-hybridized carbons (Fsp3) is 0.375. The van der Waals surface area contributed by atoms with Gasteiger partial charge in [0.05, 0.1) is 6.04 Å². The summed E-state index contributed by atoms with van der Waals surface area (Å²) in [6, 6.07) is 8.99. The average Bonchev–Trinajstić information content (AvgIpc) is 2.78. The molecule has 1 unspecified atom stereocenters. The standard InChI is InChI=1S/C16H21NS/c1-4-9-17-15(10-12(2)3)14-11-18-16-8-6-5-7-13(14)16/h5-8,10-11,15,17H,4,9H2,1-3H3. The molecule has 0 spiro atoms. The second kappa shape index (κ2) is 6.17. The predicted molar refractivity (Wildman–Crippen MR) is 82.3 cm³/mol. The zero-order valence-corrected chi connectivity index (χ0v) is 12.2. The van der Waals surface area contributed by atoms with Gasteiger partial charge in [-0.15, -0.1) is 11.3 Å². The van der Waals surface area contributed by atoms with Gasteiger partial charge in [0.2, 0.25) is 0 Å². The van der Waals surface area contributed by atoms with Crippen LogP contribution in [-0.2, 0) is 0 Å². The van der Waals surface area contributed by atoms with Gasteiger partial charge < -0.3 is 5.32 Å². The van der Waals surface area contributed by atoms with Crippen LogP contribution < -0.4 is 5.32 Å². The molecule has 0 saturated carbocycles. The molecule has 1 aromatic heterocycles. The largest absolute Gasteiger partial charge is 0.307 e. The van der Waals surface area contributed by atoms with Crippen LogP contribution in [0, 0.1) is 0 Å². The van der Waals surface area contributed by atoms with E-state index >= 15 is 0 Å². The summed E-state index contributed by atoms with van der Waals surface area (Å²) in [6.07, 6.45) is 3.49. The van der Waals surface area contributed by atoms with Crippen LogP contribution in [0.3, 0.4) is 0 Å². The molecule has 0 aliphatic carbocycles. The molecule has 1 aromatic carbocycles. The summed E-state index contributed by atoms with van der Waals surface area (Å²) in [5.41, 5.74) is 2.77. The SMILES string of the molecule is CCCNC(C=C(C)C)c1csc2ccccc12. The molecular formula is C16H21NS. The van der Waals surface area contributed by atoms with Gasteiger partial charge in [-0.25, -0.2) is 0 Å². The van der Waals surface area contributed by atoms with E-state index in [0.717, 1.165) is 13.0 Å². The number of nitrogens with one attached hydrogen (secondary N) is 1. The third-order valence-corrected chi connectivity index (χ3v) is 3.94. The lowest BCUT2D eigenvalue weighted by Gasteiger charge is -2.15. The highest BCUT2D eigenvalue weighted by Gasteiger charge is 2.12. The van der Waals surface area contributed by atoms with E-state index in [2.05, 4.69) is 61.8 Å². The smallest absolute Gasteiger partial charge is 0.0523 e. The molecule has 0 radical (unpaired) electrons. The van der Waals surface area contributed by atoms with Crippen LogP contribution in [0.25, 0.3) is 10.1 Å². The molecule has 2 rings (SSSR count). The van der Waals surface area contributed by atoms with Crippen molar-refractivity contribution < 1.29 is 0 Å². The van der Waals surface area contributed by atoms with Gasteiger partial charge in [0.25, 0.3) is 0 Å². The number of benzene rings is 1. The van der Waals surface area contributed by atoms with Gasteiger partial charge in [-0.05, 0) is 49.2 Å². The van der Waals surface area contributed by atoms with Crippen LogP contribution in [0.4, 0.5) is 0 Å². The third kappa shape index (κ3) is 3.01. The molecule has 0 aliphatic heterocycles. The van der Waals surface area contributed by atoms with Gasteiger partial charge in [-0.1, -0.05) is 36.8 Å². The van der Waals surface area contributed by atoms with Gasteiger partial charge in [-0.3, -0.25) is 0 Å². The van der Waals surface area contributed by atoms with Crippen molar-refractivity contribution in [2.24, 2.45) is 0 Å². The molecule has 0 bridgehead atoms. The zero-order chi connectivity index (χ0) is 13.0. The van der Waals surface area contributed by atoms with Gasteiger partial charge >= 0.3 is 0 Å². The highest BCUT2D eigenvalue weighted by Crippen LogP contribution is 2.31. The Balaban J connectivity index is 2.37. The summed E-state index contributed by atoms with van der Waals surface area (Å²) < 4.78 is 1.37. The maximum absolute atomic E-state index is 3.63. The molecule has 2 heteroatoms. The van der Waals surface area contributed by atoms with Crippen LogP contribution in [0.5, 0.6) is 0 Å². The van der Waals surface area contributed by atoms with Crippen molar-refractivity contribution in [2.75, 3.05) is 6.54 Å². The number of allylic oxidation sites excluding steroid dienone is 1. The first kappa shape index (κ1) is 13.3. The van der Waals surface area contributed by atoms with Crippen LogP contribution >= 0.6 is 11.3 Å². The first-order chi connectivity index (χ1) is 8.72. The van der Waals surface area contributed by atoms with E-state index in [4.69, 9.17) is 0 Å². The van der Waals surface area contributed by atoms with Crippen molar-refractivity contribution in [1.82, 2.24) is 5.32 Å². The number of hydrogen-bond acceptors (Lipinski definition) is 2. The minimum Gasteiger partial charge on any atom is -0.307 e. The minimum atomic E-state index is 0.339. The second-order valence-corrected chi connectivity index (χ2v) is 5.77. The molecule has 96 valence electrons. The maximum Gasteiger partial charge on any atom is 0.0523 e. The van der Waals surface area contributed by atoms with Gasteiger partial charge in [0, 0.05) is 4.70 Å². The Morgan fingerprint density at radius 2 is 2.11 bits per heavy atom. The zero-order valence-electron chi connectivity index (χ0n) is 11.4. The fourth-order valence-corrected chi connectivity index (χ4v) is 3.13. The van der Waals surface area contributed by atoms with Crippen LogP contribution in [0.1, 0.15) is 38.8 Å². The lowest BCUT2D eigenvalue weighted by molar-refractivity contribution is 0.614. The minimum absolute atomic E-state index is 0.339. The lowest BCUT2D eigenvalue weighted by atomic mass is 10.0. The van der Waals surface area contributed by atoms with Crippen LogP contribution in [0.15, 0.2) is 41.3 Å². The molecule has 0 aliphatic rings. The first-order valence-corrected chi connectivity index (χ1v) is 7.45. The van der Waals surface area contributed by atoms with Crippen molar-refractivity contribution in [3.8, 4) is 0 Å². The molecule has 2 aromatic rings. The van der Waals surface area contributed by atoms with Crippen LogP contribution in [0.2, 0.25) is 0 Å². The molecule has 1 N–H and O–H groups in total. The number of thiophene rings is 1. The van der Waals surface area contributed by atoms with Crippen molar-refractivity contribution in [1.29, 1.82) is 0 Å². The Labute approximate surface area is 114 Å². The Hall–Kier alpha value is -1.12. The summed E-state index contributed by atoms with van der Waals surface area (Å²) in [6.45, 7) is 7.58. The van der Waals surface area contributed by atoms with Crippen molar-refractivity contribution in [3.05, 3.63) is 46.9 Å². The Kier molecular flexibility index (Phi) is 4.56. The number of hydrogen-bond donors (Lipinski definition) is 1. The highest BCUT2D eigenvalue weighted by atomic mass is 32.1. The molecule has 1 heterocycles. The molecule has 0 fully saturated rings. The number of fused-ring (bicyclic) bond motifs is 1. The summed E-state index contributed by atoms with van der Waals surface area (Å²) in [4.78, 5) is 0. The monoisotopic (exact) mass is 259 g/mol. The maximum atomic E-state index is 3.63. The first-order valence-electron chi connectivity index (χ1n) is 6.57. The molecular weight excluding hydrogens is 238 g/mol. The van der Waals surface area contributed by atoms with E-state index < -0.39 is 0 Å². The highest BCUT2D eigenvalue weighted by molar-refractivity contribution is 7.17. The Bertz CT molecular complexity index is 535. The second-order valence-electron chi connectivity index (χ2n) is 4.86. The quantitative estimate of drug-likeness (QED) is 0.752. The molecule has 1 atom stereocenters. The number of rotatable bonds is 5. The third-order valence-electron chi connectivity index (χ3n) is 2.96. The van der Waals surface area contributed by atoms with E-state index in [0.29, 0.717) is 6.04 Å². The summed E-state index contributed by atoms with van der Waals surface area (Å²) in [5, 5.41) is 7.30. The summed E-state index contributed by atoms with van der Waals surface area (Å²) in [7, 11) is 0. The van der Waals surface area contributed by atoms with E-state index in [-0.39, 0.29) is 0 Å². The summed E-state index contributed by atoms with van der Waals surface area (Å²) >= 11 is 1.83. The van der Waals surface area contributed by atoms with Crippen LogP contribution in [-0.4, -0.2) is 6.54 Å². The Morgan fingerprint density at radius 3 is 2.83 bits per heavy atom. The van der Waals surface area contributed by atoms with Crippen molar-refractivity contribution >= 4 is 21.4 Å². The normalized spacial score (nSPS) is 12.6. The topological polar surface area (TPSA) is 12.0 Å². The van der Waals surface area contributed by atoms with E-state index in [9.17, 15) is 0 Å².